The topological polar surface area (TPSA) is 38.1 Å². The minimum atomic E-state index is 0.545. The van der Waals surface area contributed by atoms with E-state index in [1.807, 2.05) is 6.92 Å². The fraction of sp³-hybridized carbons (Fsp3) is 0.444. The third-order valence-corrected chi connectivity index (χ3v) is 1.45. The molecule has 0 fully saturated rings. The molecule has 0 aliphatic heterocycles. The molecule has 0 aliphatic carbocycles. The van der Waals surface area contributed by atoms with Crippen LogP contribution in [0.15, 0.2) is 10.6 Å². The van der Waals surface area contributed by atoms with Gasteiger partial charge in [-0.15, -0.1) is 6.42 Å². The lowest BCUT2D eigenvalue weighted by molar-refractivity contribution is 0.445. The molecule has 0 spiro atoms. The largest absolute Gasteiger partial charge is 0.444 e. The van der Waals surface area contributed by atoms with Crippen LogP contribution in [0.2, 0.25) is 0 Å². The van der Waals surface area contributed by atoms with Gasteiger partial charge >= 0.3 is 0 Å². The van der Waals surface area contributed by atoms with Crippen LogP contribution in [0, 0.1) is 12.3 Å². The van der Waals surface area contributed by atoms with E-state index in [2.05, 4.69) is 16.2 Å². The molecule has 0 saturated carbocycles. The quantitative estimate of drug-likeness (QED) is 0.532. The minimum Gasteiger partial charge on any atom is -0.444 e. The summed E-state index contributed by atoms with van der Waals surface area (Å²) in [6, 6.07) is 0. The Balaban J connectivity index is 2.37. The van der Waals surface area contributed by atoms with Crippen molar-refractivity contribution >= 4 is 0 Å². The number of nitrogens with zero attached hydrogens (tertiary/aromatic N) is 1. The molecule has 64 valence electrons. The van der Waals surface area contributed by atoms with Crippen LogP contribution >= 0.6 is 0 Å². The van der Waals surface area contributed by atoms with Crippen molar-refractivity contribution in [1.29, 1.82) is 0 Å². The molecule has 0 atom stereocenters. The van der Waals surface area contributed by atoms with Gasteiger partial charge in [0.2, 0.25) is 5.89 Å². The zero-order chi connectivity index (χ0) is 8.81. The molecule has 3 nitrogen and oxygen atoms in total. The Morgan fingerprint density at radius 3 is 3.17 bits per heavy atom. The maximum Gasteiger partial charge on any atom is 0.208 e. The Morgan fingerprint density at radius 2 is 2.58 bits per heavy atom. The SMILES string of the molecule is C#CCNCc1ncc(CC)o1. The number of aryl methyl sites for hydroxylation is 1. The van der Waals surface area contributed by atoms with Gasteiger partial charge in [-0.05, 0) is 0 Å². The Labute approximate surface area is 72.2 Å². The summed E-state index contributed by atoms with van der Waals surface area (Å²) in [7, 11) is 0. The molecular formula is C9H12N2O. The number of hydrogen-bond acceptors (Lipinski definition) is 3. The van der Waals surface area contributed by atoms with E-state index in [9.17, 15) is 0 Å². The lowest BCUT2D eigenvalue weighted by atomic mass is 10.4. The second-order valence-electron chi connectivity index (χ2n) is 2.38. The number of terminal acetylenes is 1. The predicted molar refractivity (Wildman–Crippen MR) is 46.4 cm³/mol. The van der Waals surface area contributed by atoms with Crippen LogP contribution in [0.4, 0.5) is 0 Å². The summed E-state index contributed by atoms with van der Waals surface area (Å²) in [6.45, 7) is 3.17. The normalized spacial score (nSPS) is 9.67. The maximum absolute atomic E-state index is 5.34. The Hall–Kier alpha value is -1.27. The van der Waals surface area contributed by atoms with Gasteiger partial charge in [0.15, 0.2) is 0 Å². The molecule has 1 heterocycles. The lowest BCUT2D eigenvalue weighted by Gasteiger charge is -1.93. The molecule has 1 rings (SSSR count). The summed E-state index contributed by atoms with van der Waals surface area (Å²) in [6.07, 6.45) is 7.68. The van der Waals surface area contributed by atoms with Gasteiger partial charge in [-0.25, -0.2) is 4.98 Å². The monoisotopic (exact) mass is 164 g/mol. The molecule has 1 N–H and O–H groups in total. The number of oxazole rings is 1. The Kier molecular flexibility index (Phi) is 3.36. The third kappa shape index (κ3) is 2.40. The van der Waals surface area contributed by atoms with Gasteiger partial charge in [-0.3, -0.25) is 5.32 Å². The van der Waals surface area contributed by atoms with Crippen molar-refractivity contribution in [1.82, 2.24) is 10.3 Å². The smallest absolute Gasteiger partial charge is 0.208 e. The van der Waals surface area contributed by atoms with Crippen molar-refractivity contribution in [2.45, 2.75) is 19.9 Å². The maximum atomic E-state index is 5.34. The first-order valence-corrected chi connectivity index (χ1v) is 3.94. The first kappa shape index (κ1) is 8.82. The fourth-order valence-corrected chi connectivity index (χ4v) is 0.835. The highest BCUT2D eigenvalue weighted by Crippen LogP contribution is 2.02. The average molecular weight is 164 g/mol. The van der Waals surface area contributed by atoms with E-state index in [1.165, 1.54) is 0 Å². The first-order valence-electron chi connectivity index (χ1n) is 3.94. The van der Waals surface area contributed by atoms with Gasteiger partial charge in [-0.1, -0.05) is 12.8 Å². The first-order chi connectivity index (χ1) is 5.86. The summed E-state index contributed by atoms with van der Waals surface area (Å²) in [5.41, 5.74) is 0. The van der Waals surface area contributed by atoms with E-state index < -0.39 is 0 Å². The van der Waals surface area contributed by atoms with Gasteiger partial charge < -0.3 is 4.42 Å². The molecular weight excluding hydrogens is 152 g/mol. The number of hydrogen-bond donors (Lipinski definition) is 1. The second-order valence-corrected chi connectivity index (χ2v) is 2.38. The van der Waals surface area contributed by atoms with Crippen molar-refractivity contribution in [3.8, 4) is 12.3 Å². The van der Waals surface area contributed by atoms with Crippen LogP contribution in [0.1, 0.15) is 18.6 Å². The molecule has 0 radical (unpaired) electrons. The average Bonchev–Trinajstić information content (AvgIpc) is 2.53. The number of nitrogens with one attached hydrogen (secondary N) is 1. The summed E-state index contributed by atoms with van der Waals surface area (Å²) < 4.78 is 5.34. The van der Waals surface area contributed by atoms with Crippen LogP contribution in [0.3, 0.4) is 0 Å². The van der Waals surface area contributed by atoms with Gasteiger partial charge in [0, 0.05) is 6.42 Å². The molecule has 0 amide bonds. The summed E-state index contributed by atoms with van der Waals surface area (Å²) in [5.74, 6) is 4.08. The lowest BCUT2D eigenvalue weighted by Crippen LogP contribution is -2.12. The van der Waals surface area contributed by atoms with Crippen LogP contribution < -0.4 is 5.32 Å². The highest BCUT2D eigenvalue weighted by atomic mass is 16.4. The van der Waals surface area contributed by atoms with Gasteiger partial charge in [0.05, 0.1) is 19.3 Å². The van der Waals surface area contributed by atoms with Crippen LogP contribution in [-0.2, 0) is 13.0 Å². The van der Waals surface area contributed by atoms with Crippen molar-refractivity contribution in [2.75, 3.05) is 6.54 Å². The van der Waals surface area contributed by atoms with E-state index in [-0.39, 0.29) is 0 Å². The second kappa shape index (κ2) is 4.58. The van der Waals surface area contributed by atoms with Gasteiger partial charge in [-0.2, -0.15) is 0 Å². The van der Waals surface area contributed by atoms with E-state index in [0.717, 1.165) is 12.2 Å². The number of aromatic nitrogens is 1. The molecule has 3 heteroatoms. The minimum absolute atomic E-state index is 0.545. The molecule has 0 saturated heterocycles. The van der Waals surface area contributed by atoms with E-state index in [1.54, 1.807) is 6.20 Å². The summed E-state index contributed by atoms with van der Waals surface area (Å²) >= 11 is 0. The van der Waals surface area contributed by atoms with Crippen LogP contribution in [0.5, 0.6) is 0 Å². The van der Waals surface area contributed by atoms with Crippen molar-refractivity contribution in [2.24, 2.45) is 0 Å². The van der Waals surface area contributed by atoms with Crippen LogP contribution in [-0.4, -0.2) is 11.5 Å². The molecule has 0 aromatic carbocycles. The van der Waals surface area contributed by atoms with E-state index >= 15 is 0 Å². The Bertz CT molecular complexity index is 272. The summed E-state index contributed by atoms with van der Waals surface area (Å²) in [4.78, 5) is 4.06. The van der Waals surface area contributed by atoms with E-state index in [4.69, 9.17) is 10.8 Å². The van der Waals surface area contributed by atoms with Crippen molar-refractivity contribution < 1.29 is 4.42 Å². The summed E-state index contributed by atoms with van der Waals surface area (Å²) in [5, 5.41) is 3.00. The fourth-order valence-electron chi connectivity index (χ4n) is 0.835. The van der Waals surface area contributed by atoms with Crippen molar-refractivity contribution in [3.05, 3.63) is 17.8 Å². The van der Waals surface area contributed by atoms with E-state index in [0.29, 0.717) is 19.0 Å². The van der Waals surface area contributed by atoms with Gasteiger partial charge in [0.25, 0.3) is 0 Å². The third-order valence-electron chi connectivity index (χ3n) is 1.45. The highest BCUT2D eigenvalue weighted by molar-refractivity contribution is 4.94. The van der Waals surface area contributed by atoms with Gasteiger partial charge in [0.1, 0.15) is 5.76 Å². The number of rotatable bonds is 4. The highest BCUT2D eigenvalue weighted by Gasteiger charge is 1.99. The molecule has 0 unspecified atom stereocenters. The Morgan fingerprint density at radius 1 is 1.75 bits per heavy atom. The molecule has 0 aliphatic rings. The zero-order valence-corrected chi connectivity index (χ0v) is 7.13. The van der Waals surface area contributed by atoms with Crippen molar-refractivity contribution in [3.63, 3.8) is 0 Å². The van der Waals surface area contributed by atoms with Crippen LogP contribution in [0.25, 0.3) is 0 Å². The standard InChI is InChI=1S/C9H12N2O/c1-3-5-10-7-9-11-6-8(4-2)12-9/h1,6,10H,4-5,7H2,2H3. The zero-order valence-electron chi connectivity index (χ0n) is 7.13. The molecule has 0 bridgehead atoms. The molecule has 1 aromatic rings. The molecule has 12 heavy (non-hydrogen) atoms. The predicted octanol–water partition coefficient (Wildman–Crippen LogP) is 0.960. The molecule has 1 aromatic heterocycles.